The van der Waals surface area contributed by atoms with Crippen LogP contribution in [0.3, 0.4) is 0 Å². The molecule has 2 aliphatic heterocycles. The Labute approximate surface area is 271 Å². The number of hydrogen-bond acceptors (Lipinski definition) is 7. The molecule has 5 rings (SSSR count). The van der Waals surface area contributed by atoms with Gasteiger partial charge in [-0.1, -0.05) is 102 Å². The van der Waals surface area contributed by atoms with E-state index < -0.39 is 34.0 Å². The fourth-order valence-corrected chi connectivity index (χ4v) is 7.83. The number of methoxy groups -OCH3 is 1. The second kappa shape index (κ2) is 11.6. The molecule has 0 spiro atoms. The van der Waals surface area contributed by atoms with Gasteiger partial charge in [0.25, 0.3) is 11.6 Å². The number of phenolic OH excluding ortho intramolecular Hbond substituents is 1. The third kappa shape index (κ3) is 5.90. The molecule has 0 bridgehead atoms. The smallest absolute Gasteiger partial charge is 0.331 e. The van der Waals surface area contributed by atoms with Crippen molar-refractivity contribution in [2.24, 2.45) is 4.99 Å². The monoisotopic (exact) mass is 628 g/mol. The Hall–Kier alpha value is -3.62. The van der Waals surface area contributed by atoms with E-state index in [2.05, 4.69) is 41.5 Å². The number of amides is 1. The third-order valence-electron chi connectivity index (χ3n) is 8.61. The summed E-state index contributed by atoms with van der Waals surface area (Å²) >= 11 is 1.49. The van der Waals surface area contributed by atoms with Crippen molar-refractivity contribution in [2.45, 2.75) is 94.2 Å². The number of β-lactam (4-membered cyclic amide) rings is 1. The Morgan fingerprint density at radius 2 is 1.42 bits per heavy atom. The van der Waals surface area contributed by atoms with Gasteiger partial charge >= 0.3 is 5.97 Å². The van der Waals surface area contributed by atoms with E-state index >= 15 is 0 Å². The van der Waals surface area contributed by atoms with E-state index in [9.17, 15) is 14.7 Å². The average molecular weight is 629 g/mol. The molecule has 0 aromatic heterocycles. The predicted octanol–water partition coefficient (Wildman–Crippen LogP) is 7.14. The van der Waals surface area contributed by atoms with Gasteiger partial charge in [0, 0.05) is 29.2 Å². The average Bonchev–Trinajstić information content (AvgIpc) is 3.25. The maximum atomic E-state index is 14.0. The van der Waals surface area contributed by atoms with E-state index in [1.54, 1.807) is 11.1 Å². The summed E-state index contributed by atoms with van der Waals surface area (Å²) in [5.74, 6) is -0.579. The highest BCUT2D eigenvalue weighted by atomic mass is 32.2. The van der Waals surface area contributed by atoms with Crippen molar-refractivity contribution in [1.82, 2.24) is 4.90 Å². The van der Waals surface area contributed by atoms with Crippen molar-refractivity contribution in [1.29, 1.82) is 0 Å². The molecule has 2 heterocycles. The van der Waals surface area contributed by atoms with Gasteiger partial charge in [-0.2, -0.15) is 0 Å². The maximum Gasteiger partial charge on any atom is 0.331 e. The fraction of sp³-hybridized carbons (Fsp3) is 0.432. The fourth-order valence-electron chi connectivity index (χ4n) is 6.16. The zero-order valence-corrected chi connectivity index (χ0v) is 28.4. The van der Waals surface area contributed by atoms with Crippen LogP contribution >= 0.6 is 11.8 Å². The summed E-state index contributed by atoms with van der Waals surface area (Å²) in [6.07, 6.45) is 1.03. The minimum atomic E-state index is -1.49. The van der Waals surface area contributed by atoms with Gasteiger partial charge in [0.05, 0.1) is 0 Å². The lowest BCUT2D eigenvalue weighted by Crippen LogP contribution is -2.73. The van der Waals surface area contributed by atoms with Crippen molar-refractivity contribution >= 4 is 29.9 Å². The summed E-state index contributed by atoms with van der Waals surface area (Å²) in [5, 5.41) is 10.6. The van der Waals surface area contributed by atoms with Crippen LogP contribution in [0, 0.1) is 0 Å². The number of hydrogen-bond donors (Lipinski definition) is 1. The van der Waals surface area contributed by atoms with Gasteiger partial charge in [0.2, 0.25) is 0 Å². The Morgan fingerprint density at radius 3 is 1.87 bits per heavy atom. The van der Waals surface area contributed by atoms with Gasteiger partial charge in [-0.05, 0) is 53.5 Å². The van der Waals surface area contributed by atoms with E-state index in [-0.39, 0.29) is 22.5 Å². The molecule has 1 N–H and O–H groups in total. The number of fused-ring (bicyclic) bond motifs is 1. The Morgan fingerprint density at radius 1 is 0.933 bits per heavy atom. The van der Waals surface area contributed by atoms with E-state index in [0.717, 1.165) is 27.8 Å². The lowest BCUT2D eigenvalue weighted by Gasteiger charge is -2.49. The zero-order chi connectivity index (χ0) is 32.9. The zero-order valence-electron chi connectivity index (χ0n) is 27.6. The van der Waals surface area contributed by atoms with Crippen molar-refractivity contribution < 1.29 is 24.2 Å². The lowest BCUT2D eigenvalue weighted by molar-refractivity contribution is -0.193. The van der Waals surface area contributed by atoms with E-state index in [1.165, 1.54) is 18.9 Å². The number of aliphatic imine (C=N–C) groups is 1. The normalized spacial score (nSPS) is 22.9. The van der Waals surface area contributed by atoms with Crippen LogP contribution in [0.25, 0.3) is 0 Å². The van der Waals surface area contributed by atoms with Crippen LogP contribution in [0.4, 0.5) is 0 Å². The molecule has 0 unspecified atom stereocenters. The number of nitrogens with zero attached hydrogens (tertiary/aromatic N) is 2. The highest BCUT2D eigenvalue weighted by Crippen LogP contribution is 2.57. The number of phenols is 1. The molecule has 238 valence electrons. The number of rotatable bonds is 7. The van der Waals surface area contributed by atoms with Crippen molar-refractivity contribution in [3.05, 3.63) is 101 Å². The van der Waals surface area contributed by atoms with Gasteiger partial charge in [-0.15, -0.1) is 11.8 Å². The molecule has 0 saturated carbocycles. The van der Waals surface area contributed by atoms with Crippen LogP contribution in [0.15, 0.2) is 77.8 Å². The minimum Gasteiger partial charge on any atom is -0.507 e. The summed E-state index contributed by atoms with van der Waals surface area (Å²) in [5.41, 5.74) is 1.94. The Kier molecular flexibility index (Phi) is 8.47. The molecule has 0 radical (unpaired) electrons. The first-order valence-corrected chi connectivity index (χ1v) is 16.2. The topological polar surface area (TPSA) is 88.4 Å². The molecule has 8 heteroatoms. The minimum absolute atomic E-state index is 0.276. The standard InChI is InChI=1S/C37H44N2O5S/c1-34(2,3)26-20-23(21-27(28(26)40)35(4,5)6)22-38-37(43-9)32(42)39-30(36(7,8)45-33(37)39)31(41)44-29(24-16-12-10-13-17-24)25-18-14-11-15-19-25/h10-22,29-30,33,40H,1-9H3/b38-22+/t30-,33+,37-/m0/s1. The molecular formula is C37H44N2O5S. The number of benzene rings is 3. The molecule has 1 amide bonds. The Bertz CT molecular complexity index is 1530. The van der Waals surface area contributed by atoms with Crippen LogP contribution in [0.2, 0.25) is 0 Å². The predicted molar refractivity (Wildman–Crippen MR) is 180 cm³/mol. The van der Waals surface area contributed by atoms with Crippen LogP contribution in [0.5, 0.6) is 5.75 Å². The molecule has 45 heavy (non-hydrogen) atoms. The number of ether oxygens (including phenoxy) is 2. The molecule has 3 aromatic carbocycles. The van der Waals surface area contributed by atoms with Crippen molar-refractivity contribution in [2.75, 3.05) is 7.11 Å². The second-order valence-corrected chi connectivity index (χ2v) is 16.2. The molecule has 2 saturated heterocycles. The highest BCUT2D eigenvalue weighted by molar-refractivity contribution is 8.01. The molecule has 7 nitrogen and oxygen atoms in total. The first kappa shape index (κ1) is 32.8. The molecule has 3 atom stereocenters. The highest BCUT2D eigenvalue weighted by Gasteiger charge is 2.73. The molecular weight excluding hydrogens is 584 g/mol. The van der Waals surface area contributed by atoms with E-state index in [1.807, 2.05) is 86.6 Å². The first-order valence-electron chi connectivity index (χ1n) is 15.3. The second-order valence-electron chi connectivity index (χ2n) is 14.5. The maximum absolute atomic E-state index is 14.0. The summed E-state index contributed by atoms with van der Waals surface area (Å²) in [7, 11) is 1.48. The van der Waals surface area contributed by atoms with Crippen LogP contribution in [-0.4, -0.2) is 57.1 Å². The van der Waals surface area contributed by atoms with Crippen LogP contribution in [-0.2, 0) is 29.9 Å². The van der Waals surface area contributed by atoms with E-state index in [0.29, 0.717) is 0 Å². The number of thioether (sulfide) groups is 1. The van der Waals surface area contributed by atoms with Gasteiger partial charge in [-0.3, -0.25) is 4.79 Å². The summed E-state index contributed by atoms with van der Waals surface area (Å²) in [6, 6.07) is 22.2. The number of esters is 1. The largest absolute Gasteiger partial charge is 0.507 e. The van der Waals surface area contributed by atoms with Crippen molar-refractivity contribution in [3.63, 3.8) is 0 Å². The van der Waals surface area contributed by atoms with Gasteiger partial charge < -0.3 is 19.5 Å². The Balaban J connectivity index is 1.46. The number of carbonyl (C=O) groups is 2. The molecule has 0 aliphatic carbocycles. The van der Waals surface area contributed by atoms with Gasteiger partial charge in [-0.25, -0.2) is 9.79 Å². The number of carbonyl (C=O) groups excluding carboxylic acids is 2. The van der Waals surface area contributed by atoms with Crippen LogP contribution < -0.4 is 0 Å². The van der Waals surface area contributed by atoms with E-state index in [4.69, 9.17) is 14.5 Å². The van der Waals surface area contributed by atoms with Crippen molar-refractivity contribution in [3.8, 4) is 5.75 Å². The first-order chi connectivity index (χ1) is 21.0. The lowest BCUT2D eigenvalue weighted by atomic mass is 9.78. The summed E-state index contributed by atoms with van der Waals surface area (Å²) in [4.78, 5) is 34.3. The molecule has 2 fully saturated rings. The molecule has 3 aromatic rings. The summed E-state index contributed by atoms with van der Waals surface area (Å²) < 4.78 is 11.4. The summed E-state index contributed by atoms with van der Waals surface area (Å²) in [6.45, 7) is 16.2. The quantitative estimate of drug-likeness (QED) is 0.170. The van der Waals surface area contributed by atoms with Crippen LogP contribution in [0.1, 0.15) is 89.3 Å². The number of aromatic hydroxyl groups is 1. The molecule has 2 aliphatic rings. The van der Waals surface area contributed by atoms with Gasteiger partial charge in [0.1, 0.15) is 17.2 Å². The van der Waals surface area contributed by atoms with Gasteiger partial charge in [0.15, 0.2) is 6.10 Å². The third-order valence-corrected chi connectivity index (χ3v) is 10.2. The SMILES string of the molecule is CO[C@@]1(/N=C/c2cc(C(C)(C)C)c(O)c(C(C)(C)C)c2)C(=O)N2[C@@H](C(=O)OC(c3ccccc3)c3ccccc3)C(C)(C)S[C@@H]21.